The predicted molar refractivity (Wildman–Crippen MR) is 96.0 cm³/mol. The molecule has 0 aliphatic heterocycles. The van der Waals surface area contributed by atoms with Crippen LogP contribution < -0.4 is 5.32 Å². The van der Waals surface area contributed by atoms with Crippen LogP contribution in [0.1, 0.15) is 29.6 Å². The largest absolute Gasteiger partial charge is 0.322 e. The Morgan fingerprint density at radius 1 is 1.40 bits per heavy atom. The number of rotatable bonds is 5. The van der Waals surface area contributed by atoms with E-state index in [0.29, 0.717) is 11.7 Å². The Morgan fingerprint density at radius 3 is 3.04 bits per heavy atom. The first-order valence-electron chi connectivity index (χ1n) is 7.98. The van der Waals surface area contributed by atoms with Gasteiger partial charge in [0.2, 0.25) is 5.91 Å². The maximum Gasteiger partial charge on any atom is 0.248 e. The third-order valence-electron chi connectivity index (χ3n) is 3.82. The van der Waals surface area contributed by atoms with Gasteiger partial charge in [-0.05, 0) is 48.4 Å². The molecule has 0 saturated heterocycles. The molecular formula is C17H16N6OS. The third-order valence-corrected chi connectivity index (χ3v) is 4.61. The zero-order valence-electron chi connectivity index (χ0n) is 13.6. The number of nitrogens with zero attached hydrogens (tertiary/aromatic N) is 5. The summed E-state index contributed by atoms with van der Waals surface area (Å²) in [5, 5.41) is 17.7. The van der Waals surface area contributed by atoms with Crippen LogP contribution in [0, 0.1) is 6.92 Å². The average Bonchev–Trinajstić information content (AvgIpc) is 3.17. The van der Waals surface area contributed by atoms with Gasteiger partial charge >= 0.3 is 0 Å². The lowest BCUT2D eigenvalue weighted by Gasteiger charge is -2.06. The second-order valence-electron chi connectivity index (χ2n) is 5.87. The van der Waals surface area contributed by atoms with Crippen LogP contribution in [-0.2, 0) is 4.79 Å². The van der Waals surface area contributed by atoms with E-state index in [0.717, 1.165) is 34.9 Å². The summed E-state index contributed by atoms with van der Waals surface area (Å²) in [6.45, 7) is 1.93. The number of thiazole rings is 1. The molecule has 4 rings (SSSR count). The van der Waals surface area contributed by atoms with E-state index in [2.05, 4.69) is 25.8 Å². The molecule has 1 N–H and O–H groups in total. The molecular weight excluding hydrogens is 336 g/mol. The quantitative estimate of drug-likeness (QED) is 0.713. The normalized spacial score (nSPS) is 14.1. The minimum absolute atomic E-state index is 0.204. The number of anilines is 1. The predicted octanol–water partition coefficient (Wildman–Crippen LogP) is 3.09. The molecule has 126 valence electrons. The molecule has 0 radical (unpaired) electrons. The first-order valence-corrected chi connectivity index (χ1v) is 8.86. The fourth-order valence-electron chi connectivity index (χ4n) is 2.49. The highest BCUT2D eigenvalue weighted by Gasteiger charge is 2.28. The molecule has 1 fully saturated rings. The molecule has 25 heavy (non-hydrogen) atoms. The van der Waals surface area contributed by atoms with E-state index in [1.165, 1.54) is 6.08 Å². The highest BCUT2D eigenvalue weighted by Crippen LogP contribution is 2.36. The number of carbonyl (C=O) groups is 1. The molecule has 0 spiro atoms. The van der Waals surface area contributed by atoms with Crippen LogP contribution in [0.4, 0.5) is 5.69 Å². The molecule has 7 nitrogen and oxygen atoms in total. The van der Waals surface area contributed by atoms with Crippen LogP contribution in [0.25, 0.3) is 17.5 Å². The Bertz CT molecular complexity index is 940. The molecule has 1 amide bonds. The second-order valence-corrected chi connectivity index (χ2v) is 6.94. The Balaban J connectivity index is 1.48. The van der Waals surface area contributed by atoms with Crippen molar-refractivity contribution in [2.75, 3.05) is 5.32 Å². The zero-order valence-corrected chi connectivity index (χ0v) is 14.4. The van der Waals surface area contributed by atoms with Gasteiger partial charge in [0.05, 0.1) is 16.7 Å². The molecule has 3 aromatic rings. The van der Waals surface area contributed by atoms with Crippen LogP contribution in [-0.4, -0.2) is 31.1 Å². The molecule has 0 bridgehead atoms. The monoisotopic (exact) mass is 352 g/mol. The van der Waals surface area contributed by atoms with Crippen molar-refractivity contribution in [1.82, 2.24) is 25.2 Å². The highest BCUT2D eigenvalue weighted by atomic mass is 32.1. The number of carbonyl (C=O) groups excluding carboxylic acids is 1. The molecule has 1 saturated carbocycles. The molecule has 1 aliphatic carbocycles. The minimum atomic E-state index is -0.204. The molecule has 0 unspecified atom stereocenters. The van der Waals surface area contributed by atoms with E-state index in [4.69, 9.17) is 0 Å². The van der Waals surface area contributed by atoms with Crippen molar-refractivity contribution in [2.45, 2.75) is 25.8 Å². The lowest BCUT2D eigenvalue weighted by molar-refractivity contribution is -0.111. The van der Waals surface area contributed by atoms with Gasteiger partial charge in [-0.25, -0.2) is 9.67 Å². The summed E-state index contributed by atoms with van der Waals surface area (Å²) in [4.78, 5) is 16.4. The van der Waals surface area contributed by atoms with Gasteiger partial charge in [-0.2, -0.15) is 0 Å². The van der Waals surface area contributed by atoms with Crippen molar-refractivity contribution in [3.8, 4) is 11.4 Å². The van der Waals surface area contributed by atoms with Gasteiger partial charge in [0.1, 0.15) is 0 Å². The Hall–Kier alpha value is -2.87. The fraction of sp³-hybridized carbons (Fsp3) is 0.235. The number of nitrogens with one attached hydrogen (secondary N) is 1. The van der Waals surface area contributed by atoms with E-state index in [9.17, 15) is 4.79 Å². The van der Waals surface area contributed by atoms with Gasteiger partial charge in [-0.1, -0.05) is 12.1 Å². The summed E-state index contributed by atoms with van der Waals surface area (Å²) in [5.41, 5.74) is 2.37. The lowest BCUT2D eigenvalue weighted by Crippen LogP contribution is -2.08. The molecule has 1 aliphatic rings. The standard InChI is InChI=1S/C17H16N6OS/c1-11-18-14(10-25-11)5-8-16(24)19-13-4-2-3-12(9-13)17-20-21-22-23(17)15-6-7-15/h2-5,8-10,15H,6-7H2,1H3,(H,19,24)/b8-5+. The van der Waals surface area contributed by atoms with Gasteiger partial charge in [0.25, 0.3) is 0 Å². The van der Waals surface area contributed by atoms with Crippen LogP contribution in [0.3, 0.4) is 0 Å². The van der Waals surface area contributed by atoms with Crippen LogP contribution in [0.15, 0.2) is 35.7 Å². The van der Waals surface area contributed by atoms with Crippen molar-refractivity contribution in [2.24, 2.45) is 0 Å². The average molecular weight is 352 g/mol. The summed E-state index contributed by atoms with van der Waals surface area (Å²) < 4.78 is 1.85. The van der Waals surface area contributed by atoms with E-state index in [1.54, 1.807) is 17.4 Å². The van der Waals surface area contributed by atoms with E-state index >= 15 is 0 Å². The number of hydrogen-bond acceptors (Lipinski definition) is 6. The van der Waals surface area contributed by atoms with Crippen molar-refractivity contribution < 1.29 is 4.79 Å². The summed E-state index contributed by atoms with van der Waals surface area (Å²) >= 11 is 1.55. The molecule has 2 heterocycles. The Kier molecular flexibility index (Phi) is 4.10. The molecule has 0 atom stereocenters. The van der Waals surface area contributed by atoms with Crippen molar-refractivity contribution in [1.29, 1.82) is 0 Å². The van der Waals surface area contributed by atoms with Gasteiger partial charge in [-0.3, -0.25) is 4.79 Å². The number of hydrogen-bond donors (Lipinski definition) is 1. The van der Waals surface area contributed by atoms with Gasteiger partial charge in [0.15, 0.2) is 5.82 Å². The summed E-state index contributed by atoms with van der Waals surface area (Å²) in [7, 11) is 0. The summed E-state index contributed by atoms with van der Waals surface area (Å²) in [6.07, 6.45) is 5.40. The fourth-order valence-corrected chi connectivity index (χ4v) is 3.07. The summed E-state index contributed by atoms with van der Waals surface area (Å²) in [6, 6.07) is 7.93. The second kappa shape index (κ2) is 6.56. The summed E-state index contributed by atoms with van der Waals surface area (Å²) in [5.74, 6) is 0.525. The van der Waals surface area contributed by atoms with Gasteiger partial charge in [0, 0.05) is 22.7 Å². The van der Waals surface area contributed by atoms with E-state index in [-0.39, 0.29) is 5.91 Å². The highest BCUT2D eigenvalue weighted by molar-refractivity contribution is 7.09. The number of aryl methyl sites for hydroxylation is 1. The van der Waals surface area contributed by atoms with E-state index in [1.807, 2.05) is 41.3 Å². The van der Waals surface area contributed by atoms with Crippen molar-refractivity contribution >= 4 is 29.0 Å². The van der Waals surface area contributed by atoms with E-state index < -0.39 is 0 Å². The number of amides is 1. The number of tetrazole rings is 1. The maximum absolute atomic E-state index is 12.1. The minimum Gasteiger partial charge on any atom is -0.322 e. The maximum atomic E-state index is 12.1. The van der Waals surface area contributed by atoms with Crippen LogP contribution in [0.2, 0.25) is 0 Å². The Morgan fingerprint density at radius 2 is 2.28 bits per heavy atom. The van der Waals surface area contributed by atoms with Crippen LogP contribution >= 0.6 is 11.3 Å². The Labute approximate surface area is 148 Å². The van der Waals surface area contributed by atoms with Crippen molar-refractivity contribution in [3.63, 3.8) is 0 Å². The van der Waals surface area contributed by atoms with Gasteiger partial charge < -0.3 is 5.32 Å². The molecule has 2 aromatic heterocycles. The zero-order chi connectivity index (χ0) is 17.2. The molecule has 8 heteroatoms. The lowest BCUT2D eigenvalue weighted by atomic mass is 10.2. The van der Waals surface area contributed by atoms with Crippen molar-refractivity contribution in [3.05, 3.63) is 46.4 Å². The SMILES string of the molecule is Cc1nc(/C=C/C(=O)Nc2cccc(-c3nnnn3C3CC3)c2)cs1. The topological polar surface area (TPSA) is 85.6 Å². The van der Waals surface area contributed by atoms with Crippen LogP contribution in [0.5, 0.6) is 0 Å². The number of benzene rings is 1. The third kappa shape index (κ3) is 3.63. The smallest absolute Gasteiger partial charge is 0.248 e. The number of aromatic nitrogens is 5. The first-order chi connectivity index (χ1) is 12.2. The molecule has 1 aromatic carbocycles. The first kappa shape index (κ1) is 15.6. The van der Waals surface area contributed by atoms with Gasteiger partial charge in [-0.15, -0.1) is 16.4 Å².